The second-order valence-electron chi connectivity index (χ2n) is 0.408. The van der Waals surface area contributed by atoms with Crippen LogP contribution < -0.4 is 76.2 Å². The molecule has 0 spiro atoms. The van der Waals surface area contributed by atoms with Gasteiger partial charge in [0.1, 0.15) is 0 Å². The van der Waals surface area contributed by atoms with Gasteiger partial charge in [-0.2, -0.15) is 0 Å². The van der Waals surface area contributed by atoms with Gasteiger partial charge in [-0.15, -0.1) is 0 Å². The molecule has 50 valence electrons. The van der Waals surface area contributed by atoms with E-state index in [-0.39, 0.29) is 102 Å². The summed E-state index contributed by atoms with van der Waals surface area (Å²) in [6, 6.07) is 0. The molecule has 0 aliphatic heterocycles. The van der Waals surface area contributed by atoms with Gasteiger partial charge in [-0.3, -0.25) is 8.42 Å². The Kier molecular flexibility index (Phi) is 44.6. The molecule has 0 aliphatic carbocycles. The Labute approximate surface area is 127 Å². The smallest absolute Gasteiger partial charge is 1.00 e. The van der Waals surface area contributed by atoms with Gasteiger partial charge < -0.3 is 33.9 Å². The Morgan fingerprint density at radius 3 is 1.00 bits per heavy atom. The molecule has 0 fully saturated rings. The summed E-state index contributed by atoms with van der Waals surface area (Å²) in [6.45, 7) is 0. The van der Waals surface area contributed by atoms with Crippen LogP contribution in [0.5, 0.6) is 0 Å². The average Bonchev–Trinajstić information content (AvgIpc) is 0.722. The first-order valence-electron chi connectivity index (χ1n) is 0.667. The fraction of sp³-hybridized carbons (Fsp3) is 0. The predicted octanol–water partition coefficient (Wildman–Crippen LogP) is -10.7. The van der Waals surface area contributed by atoms with Crippen molar-refractivity contribution in [2.24, 2.45) is 0 Å². The van der Waals surface area contributed by atoms with E-state index in [9.17, 15) is 0 Å². The summed E-state index contributed by atoms with van der Waals surface area (Å²) in [4.78, 5) is 0. The number of hydrogen-bond acceptors (Lipinski definition) is 4. The molecule has 0 heterocycles. The molecule has 0 bridgehead atoms. The molecule has 0 aromatic heterocycles. The third kappa shape index (κ3) is 100. The number of rotatable bonds is 0. The molecule has 2 radical (unpaired) electrons. The summed E-state index contributed by atoms with van der Waals surface area (Å²) in [5.41, 5.74) is 0. The van der Waals surface area contributed by atoms with Gasteiger partial charge in [-0.05, 0) is 0 Å². The Morgan fingerprint density at radius 1 is 1.00 bits per heavy atom. The van der Waals surface area contributed by atoms with E-state index in [0.717, 1.165) is 0 Å². The summed E-state index contributed by atoms with van der Waals surface area (Å²) >= 11 is 0. The molecule has 0 unspecified atom stereocenters. The van der Waals surface area contributed by atoms with E-state index in [4.69, 9.17) is 17.5 Å². The topological polar surface area (TPSA) is 80.3 Å². The van der Waals surface area contributed by atoms with E-state index in [0.29, 0.717) is 0 Å². The zero-order valence-electron chi connectivity index (χ0n) is 4.24. The molecule has 0 atom stereocenters. The van der Waals surface area contributed by atoms with Gasteiger partial charge in [0.15, 0.2) is 0 Å². The fourth-order valence-corrected chi connectivity index (χ4v) is 0. The molecule has 9 heteroatoms. The summed E-state index contributed by atoms with van der Waals surface area (Å²) in [7, 11) is -5.17. The molecule has 0 rings (SSSR count). The van der Waals surface area contributed by atoms with Crippen molar-refractivity contribution in [2.75, 3.05) is 0 Å². The Hall–Kier alpha value is 2.97. The Morgan fingerprint density at radius 2 is 1.00 bits per heavy atom. The first kappa shape index (κ1) is 29.7. The summed E-state index contributed by atoms with van der Waals surface area (Å²) in [6.07, 6.45) is 0. The molecule has 0 N–H and O–H groups in total. The maximum absolute atomic E-state index is 8.52. The van der Waals surface area contributed by atoms with Gasteiger partial charge in [-0.25, -0.2) is 0 Å². The second-order valence-corrected chi connectivity index (χ2v) is 1.22. The van der Waals surface area contributed by atoms with Crippen molar-refractivity contribution < 1.29 is 93.7 Å². The van der Waals surface area contributed by atoms with Crippen molar-refractivity contribution in [1.82, 2.24) is 0 Å². The van der Waals surface area contributed by atoms with Crippen molar-refractivity contribution in [3.8, 4) is 0 Å². The van der Waals surface area contributed by atoms with Gasteiger partial charge in [-0.1, -0.05) is 0 Å². The second kappa shape index (κ2) is 13.6. The van der Waals surface area contributed by atoms with Crippen LogP contribution in [0.2, 0.25) is 0 Å². The van der Waals surface area contributed by atoms with Crippen molar-refractivity contribution in [1.29, 1.82) is 0 Å². The van der Waals surface area contributed by atoms with Gasteiger partial charge >= 0.3 is 77.6 Å². The van der Waals surface area contributed by atoms with Crippen LogP contribution in [0, 0.1) is 0 Å². The molecule has 0 aliphatic rings. The van der Waals surface area contributed by atoms with Crippen LogP contribution in [-0.2, 0) is 10.4 Å². The molecule has 4 nitrogen and oxygen atoms in total. The third-order valence-corrected chi connectivity index (χ3v) is 0. The molecule has 0 saturated heterocycles. The molecule has 0 saturated carbocycles. The molecule has 0 aromatic rings. The maximum Gasteiger partial charge on any atom is 3.00 e. The standard InChI is InChI=1S/Bi.2ClH.K.H2O4S/c;;;;1-5(2,3)4/h;2*1H;;(H2,1,2,3,4)/q+3;;;+1;/p-4. The zero-order chi connectivity index (χ0) is 4.50. The van der Waals surface area contributed by atoms with E-state index in [1.807, 2.05) is 0 Å². The Balaban J connectivity index is -0.0000000133. The average molecular weight is 415 g/mol. The molecular weight excluding hydrogens is 415 g/mol. The molecular formula is BiCl2KO4S. The summed E-state index contributed by atoms with van der Waals surface area (Å²) in [5, 5.41) is 0. The summed E-state index contributed by atoms with van der Waals surface area (Å²) in [5.74, 6) is 0. The van der Waals surface area contributed by atoms with Crippen LogP contribution in [0.25, 0.3) is 0 Å². The molecule has 0 aromatic carbocycles. The van der Waals surface area contributed by atoms with Crippen LogP contribution >= 0.6 is 0 Å². The first-order valence-corrected chi connectivity index (χ1v) is 2.00. The molecule has 9 heavy (non-hydrogen) atoms. The monoisotopic (exact) mass is 414 g/mol. The van der Waals surface area contributed by atoms with Gasteiger partial charge in [0, 0.05) is 10.4 Å². The van der Waals surface area contributed by atoms with E-state index in [1.165, 1.54) is 0 Å². The van der Waals surface area contributed by atoms with Gasteiger partial charge in [0.05, 0.1) is 0 Å². The van der Waals surface area contributed by atoms with Crippen LogP contribution in [0.4, 0.5) is 0 Å². The first-order chi connectivity index (χ1) is 2.00. The minimum absolute atomic E-state index is 0. The van der Waals surface area contributed by atoms with Crippen molar-refractivity contribution >= 4 is 36.6 Å². The van der Waals surface area contributed by atoms with Crippen LogP contribution in [0.1, 0.15) is 0 Å². The van der Waals surface area contributed by atoms with Crippen LogP contribution in [0.15, 0.2) is 0 Å². The largest absolute Gasteiger partial charge is 3.00 e. The molecule has 0 amide bonds. The minimum Gasteiger partial charge on any atom is -1.00 e. The van der Waals surface area contributed by atoms with Crippen LogP contribution in [-0.4, -0.2) is 43.7 Å². The van der Waals surface area contributed by atoms with Crippen molar-refractivity contribution in [3.63, 3.8) is 0 Å². The fourth-order valence-electron chi connectivity index (χ4n) is 0. The van der Waals surface area contributed by atoms with E-state index in [2.05, 4.69) is 0 Å². The number of halogens is 2. The van der Waals surface area contributed by atoms with E-state index < -0.39 is 10.4 Å². The van der Waals surface area contributed by atoms with E-state index in [1.54, 1.807) is 0 Å². The predicted molar refractivity (Wildman–Crippen MR) is 16.2 cm³/mol. The van der Waals surface area contributed by atoms with Gasteiger partial charge in [0.25, 0.3) is 0 Å². The normalized spacial score (nSPS) is 6.44. The van der Waals surface area contributed by atoms with E-state index >= 15 is 0 Å². The van der Waals surface area contributed by atoms with Crippen LogP contribution in [0.3, 0.4) is 0 Å². The number of hydrogen-bond donors (Lipinski definition) is 0. The van der Waals surface area contributed by atoms with Crippen molar-refractivity contribution in [2.45, 2.75) is 0 Å². The third-order valence-electron chi connectivity index (χ3n) is 0. The SMILES string of the molecule is O=S(=O)([O-])[O-].[Bi+3].[Cl-].[Cl-].[K+]. The van der Waals surface area contributed by atoms with Gasteiger partial charge in [0.2, 0.25) is 0 Å². The maximum atomic E-state index is 8.52. The quantitative estimate of drug-likeness (QED) is 0.224. The minimum atomic E-state index is -5.17. The zero-order valence-corrected chi connectivity index (χ0v) is 13.2. The van der Waals surface area contributed by atoms with Crippen molar-refractivity contribution in [3.05, 3.63) is 0 Å². The Bertz CT molecular complexity index is 102. The summed E-state index contributed by atoms with van der Waals surface area (Å²) < 4.78 is 34.1.